The van der Waals surface area contributed by atoms with E-state index >= 15 is 0 Å². The highest BCUT2D eigenvalue weighted by atomic mass is 19.4. The highest BCUT2D eigenvalue weighted by Gasteiger charge is 2.38. The van der Waals surface area contributed by atoms with Crippen LogP contribution in [0.1, 0.15) is 5.56 Å². The second-order valence-electron chi connectivity index (χ2n) is 2.99. The lowest BCUT2D eigenvalue weighted by atomic mass is 10.1. The minimum atomic E-state index is -4.34. The van der Waals surface area contributed by atoms with Gasteiger partial charge >= 0.3 is 6.18 Å². The number of nitrogens with two attached hydrogens (primary N) is 1. The molecule has 0 aliphatic carbocycles. The molecule has 1 atom stereocenters. The largest absolute Gasteiger partial charge is 0.405 e. The van der Waals surface area contributed by atoms with Crippen LogP contribution in [0.25, 0.3) is 0 Å². The number of aromatic nitrogens is 2. The first-order valence-corrected chi connectivity index (χ1v) is 3.94. The summed E-state index contributed by atoms with van der Waals surface area (Å²) in [5, 5.41) is 3.77. The van der Waals surface area contributed by atoms with Crippen molar-refractivity contribution in [1.29, 1.82) is 0 Å². The standard InChI is InChI=1S/C7H11F3N4/c1-14-4-5(3-12-14)2-6(13-11)7(8,9)10/h3-4,6,13H,2,11H2,1H3. The molecule has 4 nitrogen and oxygen atoms in total. The highest BCUT2D eigenvalue weighted by molar-refractivity contribution is 5.06. The van der Waals surface area contributed by atoms with Gasteiger partial charge in [-0.3, -0.25) is 10.5 Å². The predicted molar refractivity (Wildman–Crippen MR) is 44.1 cm³/mol. The summed E-state index contributed by atoms with van der Waals surface area (Å²) >= 11 is 0. The number of hydrogen-bond acceptors (Lipinski definition) is 3. The Morgan fingerprint density at radius 2 is 2.29 bits per heavy atom. The minimum Gasteiger partial charge on any atom is -0.276 e. The summed E-state index contributed by atoms with van der Waals surface area (Å²) in [6.07, 6.45) is -1.65. The quantitative estimate of drug-likeness (QED) is 0.557. The zero-order valence-corrected chi connectivity index (χ0v) is 7.54. The average molecular weight is 208 g/mol. The van der Waals surface area contributed by atoms with Crippen molar-refractivity contribution in [2.24, 2.45) is 12.9 Å². The van der Waals surface area contributed by atoms with E-state index in [1.54, 1.807) is 12.5 Å². The number of rotatable bonds is 3. The number of hydrazine groups is 1. The number of nitrogens with one attached hydrogen (secondary N) is 1. The van der Waals surface area contributed by atoms with Crippen molar-refractivity contribution in [3.63, 3.8) is 0 Å². The first kappa shape index (κ1) is 11.0. The molecule has 0 aliphatic rings. The summed E-state index contributed by atoms with van der Waals surface area (Å²) in [4.78, 5) is 0. The first-order chi connectivity index (χ1) is 6.43. The van der Waals surface area contributed by atoms with Gasteiger partial charge in [0.2, 0.25) is 0 Å². The highest BCUT2D eigenvalue weighted by Crippen LogP contribution is 2.22. The van der Waals surface area contributed by atoms with Gasteiger partial charge in [-0.15, -0.1) is 0 Å². The molecule has 0 aliphatic heterocycles. The van der Waals surface area contributed by atoms with E-state index in [0.29, 0.717) is 5.56 Å². The van der Waals surface area contributed by atoms with Crippen LogP contribution >= 0.6 is 0 Å². The normalized spacial score (nSPS) is 14.4. The molecule has 0 radical (unpaired) electrons. The summed E-state index contributed by atoms with van der Waals surface area (Å²) in [5.74, 6) is 4.82. The number of halogens is 3. The molecule has 0 spiro atoms. The van der Waals surface area contributed by atoms with Gasteiger partial charge in [0.05, 0.1) is 6.20 Å². The van der Waals surface area contributed by atoms with Crippen LogP contribution in [-0.2, 0) is 13.5 Å². The van der Waals surface area contributed by atoms with E-state index in [1.807, 2.05) is 0 Å². The fourth-order valence-corrected chi connectivity index (χ4v) is 1.08. The van der Waals surface area contributed by atoms with Gasteiger partial charge in [0.15, 0.2) is 0 Å². The maximum atomic E-state index is 12.2. The van der Waals surface area contributed by atoms with Crippen LogP contribution in [-0.4, -0.2) is 22.0 Å². The Bertz CT molecular complexity index is 293. The lowest BCUT2D eigenvalue weighted by Crippen LogP contribution is -2.47. The maximum Gasteiger partial charge on any atom is 0.405 e. The molecule has 1 unspecified atom stereocenters. The van der Waals surface area contributed by atoms with Crippen molar-refractivity contribution in [3.05, 3.63) is 18.0 Å². The van der Waals surface area contributed by atoms with Crippen molar-refractivity contribution in [2.45, 2.75) is 18.6 Å². The lowest BCUT2D eigenvalue weighted by molar-refractivity contribution is -0.155. The molecule has 1 rings (SSSR count). The molecule has 0 aromatic carbocycles. The molecule has 14 heavy (non-hydrogen) atoms. The van der Waals surface area contributed by atoms with Crippen molar-refractivity contribution in [3.8, 4) is 0 Å². The Labute approximate surface area is 78.9 Å². The maximum absolute atomic E-state index is 12.2. The molecule has 1 aromatic rings. The van der Waals surface area contributed by atoms with E-state index in [-0.39, 0.29) is 6.42 Å². The second-order valence-corrected chi connectivity index (χ2v) is 2.99. The minimum absolute atomic E-state index is 0.214. The fraction of sp³-hybridized carbons (Fsp3) is 0.571. The number of aryl methyl sites for hydroxylation is 1. The first-order valence-electron chi connectivity index (χ1n) is 3.94. The third-order valence-corrected chi connectivity index (χ3v) is 1.79. The molecule has 3 N–H and O–H groups in total. The Morgan fingerprint density at radius 1 is 1.64 bits per heavy atom. The van der Waals surface area contributed by atoms with Crippen LogP contribution in [0.3, 0.4) is 0 Å². The Morgan fingerprint density at radius 3 is 2.64 bits per heavy atom. The van der Waals surface area contributed by atoms with Crippen LogP contribution in [0.5, 0.6) is 0 Å². The molecular weight excluding hydrogens is 197 g/mol. The van der Waals surface area contributed by atoms with Crippen LogP contribution in [0.2, 0.25) is 0 Å². The number of alkyl halides is 3. The van der Waals surface area contributed by atoms with Crippen LogP contribution in [0.4, 0.5) is 13.2 Å². The smallest absolute Gasteiger partial charge is 0.276 e. The van der Waals surface area contributed by atoms with E-state index in [9.17, 15) is 13.2 Å². The van der Waals surface area contributed by atoms with Gasteiger partial charge in [-0.2, -0.15) is 18.3 Å². The molecule has 80 valence electrons. The van der Waals surface area contributed by atoms with Crippen LogP contribution in [0, 0.1) is 0 Å². The van der Waals surface area contributed by atoms with Crippen molar-refractivity contribution < 1.29 is 13.2 Å². The topological polar surface area (TPSA) is 55.9 Å². The average Bonchev–Trinajstić information content (AvgIpc) is 2.45. The number of hydrogen-bond donors (Lipinski definition) is 2. The van der Waals surface area contributed by atoms with Gasteiger partial charge in [-0.1, -0.05) is 0 Å². The SMILES string of the molecule is Cn1cc(CC(NN)C(F)(F)F)cn1. The van der Waals surface area contributed by atoms with E-state index in [2.05, 4.69) is 5.10 Å². The van der Waals surface area contributed by atoms with Gasteiger partial charge in [-0.25, -0.2) is 5.43 Å². The van der Waals surface area contributed by atoms with E-state index in [0.717, 1.165) is 0 Å². The lowest BCUT2D eigenvalue weighted by Gasteiger charge is -2.18. The van der Waals surface area contributed by atoms with Crippen molar-refractivity contribution in [1.82, 2.24) is 15.2 Å². The van der Waals surface area contributed by atoms with Crippen molar-refractivity contribution in [2.75, 3.05) is 0 Å². The third kappa shape index (κ3) is 2.71. The van der Waals surface area contributed by atoms with Gasteiger partial charge in [0.25, 0.3) is 0 Å². The van der Waals surface area contributed by atoms with Gasteiger partial charge in [-0.05, 0) is 5.56 Å². The monoisotopic (exact) mass is 208 g/mol. The summed E-state index contributed by atoms with van der Waals surface area (Å²) in [6, 6.07) is -1.73. The summed E-state index contributed by atoms with van der Waals surface area (Å²) in [5.41, 5.74) is 2.23. The van der Waals surface area contributed by atoms with Crippen LogP contribution < -0.4 is 11.3 Å². The Hall–Kier alpha value is -1.08. The predicted octanol–water partition coefficient (Wildman–Crippen LogP) is 0.357. The third-order valence-electron chi connectivity index (χ3n) is 1.79. The van der Waals surface area contributed by atoms with E-state index < -0.39 is 12.2 Å². The molecule has 1 aromatic heterocycles. The summed E-state index contributed by atoms with van der Waals surface area (Å²) < 4.78 is 38.2. The zero-order chi connectivity index (χ0) is 10.8. The Balaban J connectivity index is 2.66. The van der Waals surface area contributed by atoms with Gasteiger partial charge < -0.3 is 0 Å². The molecule has 0 saturated carbocycles. The molecular formula is C7H11F3N4. The van der Waals surface area contributed by atoms with Gasteiger partial charge in [0.1, 0.15) is 6.04 Å². The molecule has 1 heterocycles. The van der Waals surface area contributed by atoms with Gasteiger partial charge in [0, 0.05) is 19.7 Å². The molecule has 0 bridgehead atoms. The molecule has 0 saturated heterocycles. The van der Waals surface area contributed by atoms with E-state index in [4.69, 9.17) is 5.84 Å². The zero-order valence-electron chi connectivity index (χ0n) is 7.54. The molecule has 7 heteroatoms. The second kappa shape index (κ2) is 3.97. The summed E-state index contributed by atoms with van der Waals surface area (Å²) in [7, 11) is 1.64. The molecule has 0 fully saturated rings. The van der Waals surface area contributed by atoms with Crippen molar-refractivity contribution >= 4 is 0 Å². The number of nitrogens with zero attached hydrogens (tertiary/aromatic N) is 2. The fourth-order valence-electron chi connectivity index (χ4n) is 1.08. The van der Waals surface area contributed by atoms with Crippen LogP contribution in [0.15, 0.2) is 12.4 Å². The summed E-state index contributed by atoms with van der Waals surface area (Å²) in [6.45, 7) is 0. The Kier molecular flexibility index (Phi) is 3.12. The molecule has 0 amide bonds. The van der Waals surface area contributed by atoms with E-state index in [1.165, 1.54) is 17.1 Å².